The number of rotatable bonds is 2. The van der Waals surface area contributed by atoms with Gasteiger partial charge in [0.15, 0.2) is 0 Å². The lowest BCUT2D eigenvalue weighted by Gasteiger charge is -2.11. The summed E-state index contributed by atoms with van der Waals surface area (Å²) in [6.07, 6.45) is 1.64. The Balaban J connectivity index is 2.17. The van der Waals surface area contributed by atoms with Crippen LogP contribution in [0.25, 0.3) is 11.0 Å². The Morgan fingerprint density at radius 2 is 1.85 bits per heavy atom. The first kappa shape index (κ1) is 12.7. The van der Waals surface area contributed by atoms with Crippen LogP contribution in [0.4, 0.5) is 0 Å². The largest absolute Gasteiger partial charge is 0.469 e. The van der Waals surface area contributed by atoms with Crippen LogP contribution in [0.1, 0.15) is 22.9 Å². The van der Waals surface area contributed by atoms with Crippen LogP contribution in [-0.2, 0) is 14.1 Å². The van der Waals surface area contributed by atoms with Crippen molar-refractivity contribution < 1.29 is 4.42 Å². The maximum Gasteiger partial charge on any atom is 0.328 e. The first-order chi connectivity index (χ1) is 9.50. The SMILES string of the molecule is Cc1occc1C(N)c1ccc2c(c1)n(C)c(=O)n2C. The van der Waals surface area contributed by atoms with Crippen LogP contribution in [0.3, 0.4) is 0 Å². The number of aryl methyl sites for hydroxylation is 3. The number of fused-ring (bicyclic) bond motifs is 1. The Hall–Kier alpha value is -2.27. The molecule has 1 aromatic carbocycles. The van der Waals surface area contributed by atoms with Crippen LogP contribution in [0.15, 0.2) is 39.7 Å². The highest BCUT2D eigenvalue weighted by Crippen LogP contribution is 2.25. The molecule has 104 valence electrons. The van der Waals surface area contributed by atoms with Crippen molar-refractivity contribution in [1.82, 2.24) is 9.13 Å². The molecule has 3 aromatic rings. The van der Waals surface area contributed by atoms with Crippen LogP contribution >= 0.6 is 0 Å². The standard InChI is InChI=1S/C15H17N3O2/c1-9-11(6-7-20-9)14(16)10-4-5-12-13(8-10)18(3)15(19)17(12)2/h4-8,14H,16H2,1-3H3. The Morgan fingerprint density at radius 3 is 2.50 bits per heavy atom. The van der Waals surface area contributed by atoms with Crippen LogP contribution < -0.4 is 11.4 Å². The van der Waals surface area contributed by atoms with Crippen LogP contribution in [-0.4, -0.2) is 9.13 Å². The molecule has 2 heterocycles. The lowest BCUT2D eigenvalue weighted by Crippen LogP contribution is -2.19. The fourth-order valence-electron chi connectivity index (χ4n) is 2.61. The van der Waals surface area contributed by atoms with Crippen molar-refractivity contribution in [2.24, 2.45) is 19.8 Å². The van der Waals surface area contributed by atoms with Crippen LogP contribution in [0.5, 0.6) is 0 Å². The third-order valence-corrected chi connectivity index (χ3v) is 3.89. The van der Waals surface area contributed by atoms with Gasteiger partial charge in [-0.3, -0.25) is 9.13 Å². The van der Waals surface area contributed by atoms with Gasteiger partial charge in [0, 0.05) is 19.7 Å². The molecule has 1 unspecified atom stereocenters. The van der Waals surface area contributed by atoms with Gasteiger partial charge in [-0.05, 0) is 30.7 Å². The van der Waals surface area contributed by atoms with Gasteiger partial charge in [0.05, 0.1) is 23.3 Å². The van der Waals surface area contributed by atoms with Gasteiger partial charge in [-0.1, -0.05) is 6.07 Å². The number of hydrogen-bond donors (Lipinski definition) is 1. The smallest absolute Gasteiger partial charge is 0.328 e. The highest BCUT2D eigenvalue weighted by Gasteiger charge is 2.16. The number of imidazole rings is 1. The molecule has 0 bridgehead atoms. The van der Waals surface area contributed by atoms with E-state index < -0.39 is 0 Å². The van der Waals surface area contributed by atoms with E-state index in [9.17, 15) is 4.79 Å². The van der Waals surface area contributed by atoms with E-state index in [2.05, 4.69) is 0 Å². The third kappa shape index (κ3) is 1.71. The Bertz CT molecular complexity index is 839. The van der Waals surface area contributed by atoms with Gasteiger partial charge < -0.3 is 10.2 Å². The molecule has 0 fully saturated rings. The minimum Gasteiger partial charge on any atom is -0.469 e. The maximum absolute atomic E-state index is 11.9. The zero-order valence-electron chi connectivity index (χ0n) is 11.8. The molecule has 0 aliphatic rings. The number of aromatic nitrogens is 2. The van der Waals surface area contributed by atoms with E-state index in [1.807, 2.05) is 31.2 Å². The first-order valence-electron chi connectivity index (χ1n) is 6.45. The zero-order valence-corrected chi connectivity index (χ0v) is 11.8. The Kier molecular flexibility index (Phi) is 2.79. The summed E-state index contributed by atoms with van der Waals surface area (Å²) in [5.41, 5.74) is 9.96. The predicted molar refractivity (Wildman–Crippen MR) is 77.6 cm³/mol. The van der Waals surface area contributed by atoms with Crippen LogP contribution in [0, 0.1) is 6.92 Å². The number of nitrogens with zero attached hydrogens (tertiary/aromatic N) is 2. The van der Waals surface area contributed by atoms with Gasteiger partial charge in [-0.25, -0.2) is 4.79 Å². The normalized spacial score (nSPS) is 13.0. The second kappa shape index (κ2) is 4.38. The molecule has 0 saturated carbocycles. The van der Waals surface area contributed by atoms with Gasteiger partial charge in [0.2, 0.25) is 0 Å². The summed E-state index contributed by atoms with van der Waals surface area (Å²) in [7, 11) is 3.54. The zero-order chi connectivity index (χ0) is 14.4. The molecule has 0 spiro atoms. The second-order valence-electron chi connectivity index (χ2n) is 5.06. The average molecular weight is 271 g/mol. The molecule has 3 rings (SSSR count). The Morgan fingerprint density at radius 1 is 1.15 bits per heavy atom. The summed E-state index contributed by atoms with van der Waals surface area (Å²) in [6.45, 7) is 1.89. The number of furan rings is 1. The Labute approximate surface area is 116 Å². The monoisotopic (exact) mass is 271 g/mol. The quantitative estimate of drug-likeness (QED) is 0.773. The lowest BCUT2D eigenvalue weighted by atomic mass is 10.00. The molecule has 0 saturated heterocycles. The topological polar surface area (TPSA) is 66.1 Å². The fraction of sp³-hybridized carbons (Fsp3) is 0.267. The van der Waals surface area contributed by atoms with Gasteiger partial charge in [-0.2, -0.15) is 0 Å². The van der Waals surface area contributed by atoms with Crippen molar-refractivity contribution in [3.8, 4) is 0 Å². The predicted octanol–water partition coefficient (Wildman–Crippen LogP) is 1.83. The van der Waals surface area contributed by atoms with Crippen LogP contribution in [0.2, 0.25) is 0 Å². The van der Waals surface area contributed by atoms with Crippen molar-refractivity contribution in [1.29, 1.82) is 0 Å². The summed E-state index contributed by atoms with van der Waals surface area (Å²) in [6, 6.07) is 7.48. The molecule has 0 aliphatic carbocycles. The summed E-state index contributed by atoms with van der Waals surface area (Å²) in [4.78, 5) is 11.9. The van der Waals surface area contributed by atoms with Crippen molar-refractivity contribution in [2.75, 3.05) is 0 Å². The molecule has 5 heteroatoms. The lowest BCUT2D eigenvalue weighted by molar-refractivity contribution is 0.527. The van der Waals surface area contributed by atoms with E-state index in [0.29, 0.717) is 0 Å². The molecule has 20 heavy (non-hydrogen) atoms. The molecule has 5 nitrogen and oxygen atoms in total. The molecule has 0 amide bonds. The minimum absolute atomic E-state index is 0.0368. The maximum atomic E-state index is 11.9. The third-order valence-electron chi connectivity index (χ3n) is 3.89. The van der Waals surface area contributed by atoms with Crippen molar-refractivity contribution >= 4 is 11.0 Å². The second-order valence-corrected chi connectivity index (χ2v) is 5.06. The minimum atomic E-state index is -0.256. The highest BCUT2D eigenvalue weighted by molar-refractivity contribution is 5.77. The van der Waals surface area contributed by atoms with Crippen molar-refractivity contribution in [2.45, 2.75) is 13.0 Å². The van der Waals surface area contributed by atoms with E-state index in [-0.39, 0.29) is 11.7 Å². The molecule has 1 atom stereocenters. The van der Waals surface area contributed by atoms with E-state index in [1.54, 1.807) is 29.5 Å². The molecule has 2 aromatic heterocycles. The number of nitrogens with two attached hydrogens (primary N) is 1. The number of benzene rings is 1. The van der Waals surface area contributed by atoms with Gasteiger partial charge in [0.25, 0.3) is 0 Å². The van der Waals surface area contributed by atoms with E-state index in [0.717, 1.165) is 27.9 Å². The fourth-order valence-corrected chi connectivity index (χ4v) is 2.61. The molecular formula is C15H17N3O2. The van der Waals surface area contributed by atoms with Gasteiger partial charge in [0.1, 0.15) is 5.76 Å². The number of hydrogen-bond acceptors (Lipinski definition) is 3. The highest BCUT2D eigenvalue weighted by atomic mass is 16.3. The molecule has 0 aliphatic heterocycles. The van der Waals surface area contributed by atoms with E-state index >= 15 is 0 Å². The first-order valence-corrected chi connectivity index (χ1v) is 6.45. The summed E-state index contributed by atoms with van der Waals surface area (Å²) >= 11 is 0. The van der Waals surface area contributed by atoms with Gasteiger partial charge >= 0.3 is 5.69 Å². The molecular weight excluding hydrogens is 254 g/mol. The average Bonchev–Trinajstić information content (AvgIpc) is 2.97. The summed E-state index contributed by atoms with van der Waals surface area (Å²) in [5.74, 6) is 0.819. The summed E-state index contributed by atoms with van der Waals surface area (Å²) < 4.78 is 8.57. The summed E-state index contributed by atoms with van der Waals surface area (Å²) in [5, 5.41) is 0. The van der Waals surface area contributed by atoms with Crippen molar-refractivity contribution in [3.63, 3.8) is 0 Å². The van der Waals surface area contributed by atoms with Gasteiger partial charge in [-0.15, -0.1) is 0 Å². The van der Waals surface area contributed by atoms with Crippen molar-refractivity contribution in [3.05, 3.63) is 57.9 Å². The van der Waals surface area contributed by atoms with E-state index in [1.165, 1.54) is 0 Å². The molecule has 0 radical (unpaired) electrons. The van der Waals surface area contributed by atoms with E-state index in [4.69, 9.17) is 10.2 Å². The molecule has 2 N–H and O–H groups in total.